The van der Waals surface area contributed by atoms with Crippen molar-refractivity contribution in [2.45, 2.75) is 26.2 Å². The number of nitrogens with one attached hydrogen (secondary N) is 1. The van der Waals surface area contributed by atoms with Crippen molar-refractivity contribution in [3.8, 4) is 5.75 Å². The van der Waals surface area contributed by atoms with Crippen LogP contribution in [0.1, 0.15) is 24.8 Å². The number of ether oxygens (including phenoxy) is 1. The molecule has 0 atom stereocenters. The topological polar surface area (TPSA) is 102 Å². The zero-order valence-electron chi connectivity index (χ0n) is 10.3. The van der Waals surface area contributed by atoms with Gasteiger partial charge in [-0.2, -0.15) is 0 Å². The summed E-state index contributed by atoms with van der Waals surface area (Å²) in [6, 6.07) is 4.88. The Morgan fingerprint density at radius 2 is 2.22 bits per heavy atom. The number of benzene rings is 1. The van der Waals surface area contributed by atoms with Gasteiger partial charge in [0.15, 0.2) is 5.75 Å². The Bertz CT molecular complexity index is 446. The molecule has 3 N–H and O–H groups in total. The number of nitrogens with zero attached hydrogens (tertiary/aromatic N) is 1. The van der Waals surface area contributed by atoms with Crippen LogP contribution in [0.5, 0.6) is 5.75 Å². The number of amidine groups is 1. The van der Waals surface area contributed by atoms with Crippen LogP contribution < -0.4 is 10.5 Å². The number of hydrogen-bond donors (Lipinski definition) is 2. The van der Waals surface area contributed by atoms with Crippen LogP contribution in [-0.4, -0.2) is 17.4 Å². The molecule has 0 fully saturated rings. The van der Waals surface area contributed by atoms with Crippen molar-refractivity contribution >= 4 is 11.5 Å². The van der Waals surface area contributed by atoms with Gasteiger partial charge in [0, 0.05) is 12.5 Å². The Balaban J connectivity index is 2.51. The maximum absolute atomic E-state index is 10.8. The Labute approximate surface area is 105 Å². The van der Waals surface area contributed by atoms with Crippen LogP contribution in [0.25, 0.3) is 0 Å². The summed E-state index contributed by atoms with van der Waals surface area (Å²) < 4.78 is 5.38. The lowest BCUT2D eigenvalue weighted by molar-refractivity contribution is -0.385. The van der Waals surface area contributed by atoms with E-state index in [1.54, 1.807) is 19.1 Å². The molecule has 1 aromatic carbocycles. The first-order valence-electron chi connectivity index (χ1n) is 5.71. The Morgan fingerprint density at radius 3 is 2.83 bits per heavy atom. The summed E-state index contributed by atoms with van der Waals surface area (Å²) in [4.78, 5) is 10.4. The van der Waals surface area contributed by atoms with Gasteiger partial charge in [-0.25, -0.2) is 0 Å². The highest BCUT2D eigenvalue weighted by Crippen LogP contribution is 2.27. The van der Waals surface area contributed by atoms with Gasteiger partial charge in [0.05, 0.1) is 17.4 Å². The summed E-state index contributed by atoms with van der Waals surface area (Å²) in [5.41, 5.74) is 6.03. The molecule has 0 bridgehead atoms. The van der Waals surface area contributed by atoms with Gasteiger partial charge in [-0.15, -0.1) is 0 Å². The minimum atomic E-state index is -0.447. The molecule has 0 saturated heterocycles. The highest BCUT2D eigenvalue weighted by atomic mass is 16.6. The van der Waals surface area contributed by atoms with E-state index >= 15 is 0 Å². The standard InChI is InChI=1S/C12H17N3O3/c1-9-5-6-11(10(8-9)15(16)17)18-7-3-2-4-12(13)14/h5-6,8H,2-4,7H2,1H3,(H3,13,14). The molecule has 6 nitrogen and oxygen atoms in total. The van der Waals surface area contributed by atoms with Crippen molar-refractivity contribution in [3.05, 3.63) is 33.9 Å². The lowest BCUT2D eigenvalue weighted by Gasteiger charge is -2.07. The van der Waals surface area contributed by atoms with Crippen LogP contribution in [0.2, 0.25) is 0 Å². The number of nitrogens with two attached hydrogens (primary N) is 1. The first-order valence-corrected chi connectivity index (χ1v) is 5.71. The first kappa shape index (κ1) is 14.0. The van der Waals surface area contributed by atoms with E-state index in [0.29, 0.717) is 19.4 Å². The van der Waals surface area contributed by atoms with Crippen molar-refractivity contribution in [1.29, 1.82) is 5.41 Å². The third-order valence-electron chi connectivity index (χ3n) is 2.41. The Kier molecular flexibility index (Phi) is 5.10. The quantitative estimate of drug-likeness (QED) is 0.255. The molecule has 1 aromatic rings. The third-order valence-corrected chi connectivity index (χ3v) is 2.41. The van der Waals surface area contributed by atoms with Crippen molar-refractivity contribution in [3.63, 3.8) is 0 Å². The van der Waals surface area contributed by atoms with Crippen molar-refractivity contribution < 1.29 is 9.66 Å². The number of rotatable bonds is 7. The molecule has 18 heavy (non-hydrogen) atoms. The molecule has 0 aliphatic rings. The maximum atomic E-state index is 10.8. The van der Waals surface area contributed by atoms with Gasteiger partial charge in [-0.3, -0.25) is 15.5 Å². The van der Waals surface area contributed by atoms with Gasteiger partial charge in [0.1, 0.15) is 0 Å². The second-order valence-corrected chi connectivity index (χ2v) is 4.06. The summed E-state index contributed by atoms with van der Waals surface area (Å²) >= 11 is 0. The molecule has 0 aromatic heterocycles. The predicted octanol–water partition coefficient (Wildman–Crippen LogP) is 2.39. The summed E-state index contributed by atoms with van der Waals surface area (Å²) in [5.74, 6) is 0.435. The van der Waals surface area contributed by atoms with Crippen LogP contribution >= 0.6 is 0 Å². The van der Waals surface area contributed by atoms with Gasteiger partial charge in [0.25, 0.3) is 0 Å². The zero-order valence-corrected chi connectivity index (χ0v) is 10.3. The number of hydrogen-bond acceptors (Lipinski definition) is 4. The third kappa shape index (κ3) is 4.40. The SMILES string of the molecule is Cc1ccc(OCCCCC(=N)N)c([N+](=O)[O-])c1. The molecule has 0 saturated carbocycles. The van der Waals surface area contributed by atoms with Crippen LogP contribution in [0.4, 0.5) is 5.69 Å². The molecule has 1 rings (SSSR count). The van der Waals surface area contributed by atoms with E-state index in [1.165, 1.54) is 6.07 Å². The summed E-state index contributed by atoms with van der Waals surface area (Å²) in [7, 11) is 0. The Morgan fingerprint density at radius 1 is 1.50 bits per heavy atom. The molecular formula is C12H17N3O3. The van der Waals surface area contributed by atoms with E-state index in [1.807, 2.05) is 0 Å². The molecule has 0 aliphatic carbocycles. The normalized spacial score (nSPS) is 10.1. The molecule has 0 aliphatic heterocycles. The molecular weight excluding hydrogens is 234 g/mol. The van der Waals surface area contributed by atoms with Gasteiger partial charge < -0.3 is 10.5 Å². The first-order chi connectivity index (χ1) is 8.50. The molecule has 0 amide bonds. The number of unbranched alkanes of at least 4 members (excludes halogenated alkanes) is 1. The molecule has 6 heteroatoms. The fourth-order valence-electron chi connectivity index (χ4n) is 1.49. The number of nitro groups is 1. The second-order valence-electron chi connectivity index (χ2n) is 4.06. The van der Waals surface area contributed by atoms with Gasteiger partial charge in [-0.05, 0) is 31.4 Å². The lowest BCUT2D eigenvalue weighted by atomic mass is 10.2. The van der Waals surface area contributed by atoms with Gasteiger partial charge >= 0.3 is 5.69 Å². The van der Waals surface area contributed by atoms with Crippen molar-refractivity contribution in [2.24, 2.45) is 5.73 Å². The minimum Gasteiger partial charge on any atom is -0.487 e. The summed E-state index contributed by atoms with van der Waals surface area (Å²) in [6.07, 6.45) is 1.99. The zero-order chi connectivity index (χ0) is 13.5. The largest absolute Gasteiger partial charge is 0.487 e. The van der Waals surface area contributed by atoms with E-state index < -0.39 is 4.92 Å². The highest BCUT2D eigenvalue weighted by molar-refractivity contribution is 5.76. The van der Waals surface area contributed by atoms with Crippen LogP contribution in [0, 0.1) is 22.4 Å². The summed E-state index contributed by atoms with van der Waals surface area (Å²) in [5, 5.41) is 17.9. The molecule has 0 heterocycles. The van der Waals surface area contributed by atoms with E-state index in [0.717, 1.165) is 12.0 Å². The van der Waals surface area contributed by atoms with E-state index in [-0.39, 0.29) is 17.3 Å². The smallest absolute Gasteiger partial charge is 0.311 e. The van der Waals surface area contributed by atoms with Crippen LogP contribution in [0.3, 0.4) is 0 Å². The van der Waals surface area contributed by atoms with Gasteiger partial charge in [0.2, 0.25) is 0 Å². The van der Waals surface area contributed by atoms with Crippen LogP contribution in [0.15, 0.2) is 18.2 Å². The maximum Gasteiger partial charge on any atom is 0.311 e. The highest BCUT2D eigenvalue weighted by Gasteiger charge is 2.14. The minimum absolute atomic E-state index is 0.0124. The molecule has 0 unspecified atom stereocenters. The lowest BCUT2D eigenvalue weighted by Crippen LogP contribution is -2.09. The number of aryl methyl sites for hydroxylation is 1. The number of nitro benzene ring substituents is 1. The summed E-state index contributed by atoms with van der Waals surface area (Å²) in [6.45, 7) is 2.18. The predicted molar refractivity (Wildman–Crippen MR) is 69.1 cm³/mol. The van der Waals surface area contributed by atoms with Crippen LogP contribution in [-0.2, 0) is 0 Å². The van der Waals surface area contributed by atoms with E-state index in [2.05, 4.69) is 0 Å². The van der Waals surface area contributed by atoms with Gasteiger partial charge in [-0.1, -0.05) is 6.07 Å². The second kappa shape index (κ2) is 6.58. The average molecular weight is 251 g/mol. The molecule has 0 spiro atoms. The van der Waals surface area contributed by atoms with E-state index in [4.69, 9.17) is 15.9 Å². The molecule has 98 valence electrons. The van der Waals surface area contributed by atoms with E-state index in [9.17, 15) is 10.1 Å². The molecule has 0 radical (unpaired) electrons. The fraction of sp³-hybridized carbons (Fsp3) is 0.417. The average Bonchev–Trinajstić information content (AvgIpc) is 2.29. The van der Waals surface area contributed by atoms with Crippen molar-refractivity contribution in [2.75, 3.05) is 6.61 Å². The van der Waals surface area contributed by atoms with Crippen molar-refractivity contribution in [1.82, 2.24) is 0 Å². The Hall–Kier alpha value is -2.11. The fourth-order valence-corrected chi connectivity index (χ4v) is 1.49. The monoisotopic (exact) mass is 251 g/mol.